The number of carbonyl (C=O) groups is 9. The number of carboxylic acid groups (broad SMARTS) is 1. The number of carboxylic acids is 1. The second-order valence-electron chi connectivity index (χ2n) is 27.0. The van der Waals surface area contributed by atoms with Gasteiger partial charge in [-0.1, -0.05) is 64.8 Å². The molecule has 3 saturated heterocycles. The van der Waals surface area contributed by atoms with Gasteiger partial charge in [0, 0.05) is 133 Å². The van der Waals surface area contributed by atoms with Crippen molar-refractivity contribution >= 4 is 152 Å². The molecule has 9 aromatic rings. The van der Waals surface area contributed by atoms with Gasteiger partial charge in [-0.25, -0.2) is 18.8 Å². The number of anilines is 6. The Bertz CT molecular complexity index is 4840. The van der Waals surface area contributed by atoms with Crippen LogP contribution in [0.3, 0.4) is 0 Å². The van der Waals surface area contributed by atoms with Gasteiger partial charge in [-0.3, -0.25) is 38.4 Å². The van der Waals surface area contributed by atoms with Crippen LogP contribution in [0.5, 0.6) is 17.2 Å². The van der Waals surface area contributed by atoms with Gasteiger partial charge < -0.3 is 82.3 Å². The fourth-order valence-corrected chi connectivity index (χ4v) is 17.3. The molecule has 620 valence electrons. The maximum atomic E-state index is 14.4. The molecule has 6 aromatic carbocycles. The molecule has 0 saturated carbocycles. The molecule has 6 aliphatic heterocycles. The van der Waals surface area contributed by atoms with Gasteiger partial charge in [-0.15, -0.1) is 0 Å². The second-order valence-corrected chi connectivity index (χ2v) is 34.6. The predicted molar refractivity (Wildman–Crippen MR) is 468 cm³/mol. The van der Waals surface area contributed by atoms with E-state index in [2.05, 4.69) is 15.7 Å². The average Bonchev–Trinajstić information content (AvgIpc) is 1.60. The van der Waals surface area contributed by atoms with E-state index in [0.29, 0.717) is 169 Å². The van der Waals surface area contributed by atoms with Gasteiger partial charge in [-0.05, 0) is 203 Å². The van der Waals surface area contributed by atoms with Crippen molar-refractivity contribution in [3.63, 3.8) is 0 Å². The van der Waals surface area contributed by atoms with Crippen LogP contribution < -0.4 is 77.2 Å². The third-order valence-electron chi connectivity index (χ3n) is 20.1. The Morgan fingerprint density at radius 2 is 0.585 bits per heavy atom. The van der Waals surface area contributed by atoms with Gasteiger partial charge in [-0.2, -0.15) is 15.3 Å². The number of aromatic carboxylic acids is 1. The number of nitrogens with zero attached hydrogens (tertiary/aromatic N) is 12. The summed E-state index contributed by atoms with van der Waals surface area (Å²) < 4.78 is 20.3. The van der Waals surface area contributed by atoms with E-state index in [1.165, 1.54) is 35.6 Å². The number of carbonyl (C=O) groups excluding carboxylic acids is 8. The van der Waals surface area contributed by atoms with E-state index in [1.807, 2.05) is 72.8 Å². The first-order chi connectivity index (χ1) is 57.4. The van der Waals surface area contributed by atoms with Gasteiger partial charge in [0.1, 0.15) is 34.3 Å². The number of nitrogens with one attached hydrogen (secondary N) is 2. The van der Waals surface area contributed by atoms with Crippen molar-refractivity contribution in [1.82, 2.24) is 40.0 Å². The number of ether oxygens (including phenoxy) is 3. The van der Waals surface area contributed by atoms with Crippen molar-refractivity contribution in [2.75, 3.05) is 125 Å². The highest BCUT2D eigenvalue weighted by Gasteiger charge is 2.39. The first kappa shape index (κ1) is 86.8. The van der Waals surface area contributed by atoms with Gasteiger partial charge >= 0.3 is 5.97 Å². The monoisotopic (exact) mass is 1720 g/mol. The van der Waals surface area contributed by atoms with Crippen LogP contribution in [-0.4, -0.2) is 184 Å². The van der Waals surface area contributed by atoms with Crippen molar-refractivity contribution in [2.45, 2.75) is 77.0 Å². The minimum Gasteiger partial charge on any atom is -0.497 e. The van der Waals surface area contributed by atoms with Gasteiger partial charge in [0.05, 0.1) is 50.1 Å². The molecule has 15 rings (SSSR count). The lowest BCUT2D eigenvalue weighted by Crippen LogP contribution is -2.39. The van der Waals surface area contributed by atoms with E-state index in [9.17, 15) is 48.3 Å². The summed E-state index contributed by atoms with van der Waals surface area (Å²) in [5.74, 6) is 2.13. The van der Waals surface area contributed by atoms with Crippen LogP contribution in [0.1, 0.15) is 137 Å². The molecule has 0 bridgehead atoms. The molecular weight excluding hydrogens is 1630 g/mol. The third kappa shape index (κ3) is 20.3. The number of hydrogen-bond acceptors (Lipinski definition) is 25. The molecule has 0 unspecified atom stereocenters. The number of aromatic nitrogens is 6. The van der Waals surface area contributed by atoms with Crippen molar-refractivity contribution in [3.8, 4) is 34.3 Å². The fraction of sp³-hybridized carbons (Fsp3) is 0.333. The van der Waals surface area contributed by atoms with Crippen LogP contribution >= 0.6 is 64.8 Å². The molecule has 37 heteroatoms. The maximum Gasteiger partial charge on any atom is 0.356 e. The highest BCUT2D eigenvalue weighted by atomic mass is 33.1. The molecule has 0 spiro atoms. The van der Waals surface area contributed by atoms with Crippen LogP contribution in [0.25, 0.3) is 17.1 Å². The number of methoxy groups -OCH3 is 3. The molecule has 118 heavy (non-hydrogen) atoms. The zero-order chi connectivity index (χ0) is 83.4. The Morgan fingerprint density at radius 3 is 0.831 bits per heavy atom. The summed E-state index contributed by atoms with van der Waals surface area (Å²) in [5, 5.41) is 29.2. The Kier molecular flexibility index (Phi) is 30.7. The average molecular weight is 1720 g/mol. The summed E-state index contributed by atoms with van der Waals surface area (Å²) >= 11 is 0. The second kappa shape index (κ2) is 41.8. The van der Waals surface area contributed by atoms with E-state index in [4.69, 9.17) is 47.3 Å². The van der Waals surface area contributed by atoms with Crippen molar-refractivity contribution in [1.29, 1.82) is 0 Å². The molecular formula is C81H92N18O13S6. The summed E-state index contributed by atoms with van der Waals surface area (Å²) in [6, 6.07) is 43.3. The zero-order valence-corrected chi connectivity index (χ0v) is 70.2. The molecule has 0 atom stereocenters. The lowest BCUT2D eigenvalue weighted by molar-refractivity contribution is -0.120. The van der Waals surface area contributed by atoms with Crippen molar-refractivity contribution in [3.05, 3.63) is 196 Å². The Labute approximate surface area is 705 Å². The standard InChI is InChI=1S/C52H52N10O8S2.C25H24N4O5.2C2H8N2S2/c1-69-39-21-17-37(18-22-39)61-47-41(25-29-59(51(47)67)35-13-9-33(10-14-35)57-27-5-3-7-43(57)63)45(55-61)49(65)53-31-71-72-32-54-50(66)46-42-26-30-60(36-15-11-34(12-16-36)58-28-6-4-8-44(58)64)52(68)48(42)62(56-46)38-19-23-40(70-2)24-20-38;1-34-19-11-9-18(10-12-19)29-23-20(22(26-29)25(32)33)13-15-28(24(23)31)17-7-5-16(6-8-17)27-14-3-2-4-21(27)30;2*3-1-5-6-2-4/h9-24H,3-8,25-32H2,1-2H3,(H,53,65)(H,54,66);5-12H,2-4,13-15H2,1H3,(H,32,33);2*1-4H2. The molecule has 31 nitrogen and oxygen atoms in total. The molecule has 3 aromatic heterocycles. The number of fused-ring (bicyclic) bond motifs is 3. The van der Waals surface area contributed by atoms with Gasteiger partial charge in [0.2, 0.25) is 17.7 Å². The SMILES string of the molecule is COc1ccc(-n2nc(C(=O)NCSSCNC(=O)c3nn(-c4ccc(OC)cc4)c4c3CCN(c3ccc(N5CCCCC5=O)cc3)C4=O)c3c2C(=O)N(c2ccc(N4CCCCC4=O)cc2)CC3)cc1.COc1ccc(-n2nc(C(=O)O)c3c2C(=O)N(c2ccc(N4CCCCC4=O)cc2)CC3)cc1.NCSSCN.NCSSCN. The smallest absolute Gasteiger partial charge is 0.356 e. The van der Waals surface area contributed by atoms with E-state index in [1.54, 1.807) is 167 Å². The summed E-state index contributed by atoms with van der Waals surface area (Å²) in [5.41, 5.74) is 29.0. The molecule has 3 fully saturated rings. The lowest BCUT2D eigenvalue weighted by Gasteiger charge is -2.29. The van der Waals surface area contributed by atoms with Crippen LogP contribution in [0.4, 0.5) is 34.1 Å². The van der Waals surface area contributed by atoms with Crippen molar-refractivity contribution < 1.29 is 62.5 Å². The molecule has 8 amide bonds. The summed E-state index contributed by atoms with van der Waals surface area (Å²) in [7, 11) is 13.6. The predicted octanol–water partition coefficient (Wildman–Crippen LogP) is 10.7. The van der Waals surface area contributed by atoms with E-state index < -0.39 is 17.8 Å². The topological polar surface area (TPSA) is 403 Å². The number of amides is 8. The van der Waals surface area contributed by atoms with Crippen molar-refractivity contribution in [2.24, 2.45) is 22.9 Å². The normalized spacial score (nSPS) is 15.2. The summed E-state index contributed by atoms with van der Waals surface area (Å²) in [6.07, 6.45) is 8.25. The Morgan fingerprint density at radius 1 is 0.339 bits per heavy atom. The highest BCUT2D eigenvalue weighted by molar-refractivity contribution is 8.77. The summed E-state index contributed by atoms with van der Waals surface area (Å²) in [6.45, 7) is 3.00. The number of benzene rings is 6. The van der Waals surface area contributed by atoms with E-state index >= 15 is 0 Å². The van der Waals surface area contributed by atoms with Gasteiger partial charge in [0.25, 0.3) is 29.5 Å². The number of hydrogen-bond donors (Lipinski definition) is 7. The minimum absolute atomic E-state index is 0.0929. The third-order valence-corrected chi connectivity index (χ3v) is 25.5. The molecule has 0 aliphatic carbocycles. The molecule has 6 aliphatic rings. The molecule has 11 N–H and O–H groups in total. The Balaban J connectivity index is 0.000000228. The molecule has 0 radical (unpaired) electrons. The summed E-state index contributed by atoms with van der Waals surface area (Å²) in [4.78, 5) is 130. The fourth-order valence-electron chi connectivity index (χ4n) is 14.4. The quantitative estimate of drug-likeness (QED) is 0.0150. The first-order valence-electron chi connectivity index (χ1n) is 38.2. The molecule has 9 heterocycles. The van der Waals surface area contributed by atoms with Gasteiger partial charge in [0.15, 0.2) is 17.1 Å². The lowest BCUT2D eigenvalue weighted by atomic mass is 10.0. The zero-order valence-electron chi connectivity index (χ0n) is 65.3. The van der Waals surface area contributed by atoms with Crippen LogP contribution in [0.2, 0.25) is 0 Å². The number of nitrogens with two attached hydrogens (primary N) is 4. The van der Waals surface area contributed by atoms with E-state index in [-0.39, 0.29) is 81.4 Å². The maximum absolute atomic E-state index is 14.4. The highest BCUT2D eigenvalue weighted by Crippen LogP contribution is 2.37. The first-order valence-corrected chi connectivity index (χ1v) is 45.7. The van der Waals surface area contributed by atoms with E-state index in [0.717, 1.165) is 55.6 Å². The van der Waals surface area contributed by atoms with Crippen LogP contribution in [0, 0.1) is 0 Å². The van der Waals surface area contributed by atoms with Crippen LogP contribution in [-0.2, 0) is 33.6 Å². The minimum atomic E-state index is -1.17. The number of piperidine rings is 3. The number of rotatable bonds is 26. The largest absolute Gasteiger partial charge is 0.497 e. The van der Waals surface area contributed by atoms with Crippen LogP contribution in [0.15, 0.2) is 146 Å². The Hall–Kier alpha value is -10.5.